The quantitative estimate of drug-likeness (QED) is 0.150. The maximum absolute atomic E-state index is 7.23. The van der Waals surface area contributed by atoms with Crippen LogP contribution in [0.2, 0.25) is 0 Å². The maximum atomic E-state index is 7.23. The number of ether oxygens (including phenoxy) is 1. The molecule has 0 aliphatic carbocycles. The van der Waals surface area contributed by atoms with E-state index in [-0.39, 0.29) is 0 Å². The van der Waals surface area contributed by atoms with Crippen LogP contribution in [0.5, 0.6) is 5.75 Å². The average Bonchev–Trinajstić information content (AvgIpc) is 3.68. The van der Waals surface area contributed by atoms with Gasteiger partial charge in [-0.3, -0.25) is 0 Å². The molecule has 11 rings (SSSR count). The first-order chi connectivity index (χ1) is 29.6. The van der Waals surface area contributed by atoms with Crippen molar-refractivity contribution in [3.63, 3.8) is 0 Å². The van der Waals surface area contributed by atoms with Crippen molar-refractivity contribution in [1.29, 1.82) is 0 Å². The number of para-hydroxylation sites is 2. The van der Waals surface area contributed by atoms with Crippen LogP contribution in [0.3, 0.4) is 0 Å². The Morgan fingerprint density at radius 2 is 1.15 bits per heavy atom. The molecule has 0 N–H and O–H groups in total. The molecule has 3 heterocycles. The molecule has 9 aromatic rings. The van der Waals surface area contributed by atoms with Crippen LogP contribution in [0, 0.1) is 0 Å². The molecule has 0 saturated carbocycles. The van der Waals surface area contributed by atoms with Crippen molar-refractivity contribution >= 4 is 50.8 Å². The molecule has 0 unspecified atom stereocenters. The van der Waals surface area contributed by atoms with Crippen LogP contribution in [-0.4, -0.2) is 0 Å². The van der Waals surface area contributed by atoms with Crippen molar-refractivity contribution in [1.82, 2.24) is 0 Å². The van der Waals surface area contributed by atoms with E-state index in [4.69, 9.17) is 9.15 Å². The molecule has 286 valence electrons. The van der Waals surface area contributed by atoms with Crippen molar-refractivity contribution in [3.8, 4) is 28.0 Å². The molecule has 0 radical (unpaired) electrons. The van der Waals surface area contributed by atoms with Crippen molar-refractivity contribution < 1.29 is 9.15 Å². The lowest BCUT2D eigenvalue weighted by atomic mass is 9.63. The number of nitrogens with zero attached hydrogens (tertiary/aromatic N) is 1. The van der Waals surface area contributed by atoms with Gasteiger partial charge >= 0.3 is 0 Å². The van der Waals surface area contributed by atoms with E-state index < -0.39 is 5.41 Å². The molecule has 0 fully saturated rings. The lowest BCUT2D eigenvalue weighted by molar-refractivity contribution is 0.395. The Labute approximate surface area is 354 Å². The molecule has 0 atom stereocenters. The number of fused-ring (bicyclic) bond motifs is 9. The minimum atomic E-state index is -0.623. The molecule has 0 saturated heterocycles. The Kier molecular flexibility index (Phi) is 8.68. The van der Waals surface area contributed by atoms with E-state index in [0.29, 0.717) is 0 Å². The molecule has 1 spiro atoms. The molecule has 2 aliphatic rings. The van der Waals surface area contributed by atoms with E-state index >= 15 is 0 Å². The zero-order valence-corrected chi connectivity index (χ0v) is 33.8. The second-order valence-corrected chi connectivity index (χ2v) is 16.3. The molecule has 3 nitrogen and oxygen atoms in total. The third kappa shape index (κ3) is 5.60. The normalized spacial score (nSPS) is 13.9. The van der Waals surface area contributed by atoms with E-state index in [0.717, 1.165) is 67.2 Å². The largest absolute Gasteiger partial charge is 0.456 e. The van der Waals surface area contributed by atoms with Crippen LogP contribution in [0.4, 0.5) is 17.1 Å². The summed E-state index contributed by atoms with van der Waals surface area (Å²) in [5.74, 6) is 1.60. The highest BCUT2D eigenvalue weighted by molar-refractivity contribution is 7.99. The minimum Gasteiger partial charge on any atom is -0.456 e. The Hall–Kier alpha value is -7.27. The molecule has 0 amide bonds. The highest BCUT2D eigenvalue weighted by Crippen LogP contribution is 2.61. The van der Waals surface area contributed by atoms with Gasteiger partial charge in [-0.1, -0.05) is 164 Å². The Balaban J connectivity index is 1.16. The highest BCUT2D eigenvalue weighted by atomic mass is 32.2. The van der Waals surface area contributed by atoms with Gasteiger partial charge in [0.2, 0.25) is 0 Å². The van der Waals surface area contributed by atoms with Crippen molar-refractivity contribution in [2.24, 2.45) is 0 Å². The highest BCUT2D eigenvalue weighted by Gasteiger charge is 2.50. The second kappa shape index (κ2) is 14.5. The number of rotatable bonds is 7. The first kappa shape index (κ1) is 35.9. The summed E-state index contributed by atoms with van der Waals surface area (Å²) >= 11 is 1.83. The van der Waals surface area contributed by atoms with E-state index in [1.165, 1.54) is 37.6 Å². The van der Waals surface area contributed by atoms with Crippen molar-refractivity contribution in [2.45, 2.75) is 22.1 Å². The summed E-state index contributed by atoms with van der Waals surface area (Å²) in [6.45, 7) is 6.25. The van der Waals surface area contributed by atoms with Crippen LogP contribution < -0.4 is 9.64 Å². The van der Waals surface area contributed by atoms with Gasteiger partial charge in [-0.15, -0.1) is 0 Å². The van der Waals surface area contributed by atoms with Crippen molar-refractivity contribution in [2.75, 3.05) is 4.90 Å². The number of furan rings is 1. The molecular weight excluding hydrogens is 751 g/mol. The number of hydrogen-bond acceptors (Lipinski definition) is 4. The van der Waals surface area contributed by atoms with Crippen LogP contribution in [0.1, 0.15) is 23.6 Å². The summed E-state index contributed by atoms with van der Waals surface area (Å²) in [5, 5.41) is 2.18. The van der Waals surface area contributed by atoms with Crippen LogP contribution in [0.15, 0.2) is 238 Å². The lowest BCUT2D eigenvalue weighted by Gasteiger charge is -2.46. The second-order valence-electron chi connectivity index (χ2n) is 15.3. The predicted molar refractivity (Wildman–Crippen MR) is 249 cm³/mol. The van der Waals surface area contributed by atoms with Crippen LogP contribution >= 0.6 is 11.8 Å². The lowest BCUT2D eigenvalue weighted by Crippen LogP contribution is -2.38. The van der Waals surface area contributed by atoms with E-state index in [9.17, 15) is 0 Å². The SMILES string of the molecule is C=C/C=C\C1=C(C)C2(c3ccccc3Sc3ccccc32)c2cccc(N(c3ccc(-c4ccccc4-c4ccccc4)cc3)c3ccc4c(c3)oc3ccccc34)c2O1. The predicted octanol–water partition coefficient (Wildman–Crippen LogP) is 15.6. The van der Waals surface area contributed by atoms with E-state index in [2.05, 4.69) is 200 Å². The topological polar surface area (TPSA) is 25.6 Å². The fourth-order valence-electron chi connectivity index (χ4n) is 9.36. The van der Waals surface area contributed by atoms with Gasteiger partial charge in [0.25, 0.3) is 0 Å². The molecule has 2 aliphatic heterocycles. The number of hydrogen-bond donors (Lipinski definition) is 0. The van der Waals surface area contributed by atoms with Gasteiger partial charge in [-0.25, -0.2) is 0 Å². The maximum Gasteiger partial charge on any atom is 0.156 e. The van der Waals surface area contributed by atoms with Gasteiger partial charge in [0.05, 0.1) is 16.8 Å². The first-order valence-corrected chi connectivity index (χ1v) is 21.1. The molecular formula is C56H39NO2S. The molecule has 0 bridgehead atoms. The summed E-state index contributed by atoms with van der Waals surface area (Å²) in [5.41, 5.74) is 13.4. The average molecular weight is 790 g/mol. The van der Waals surface area contributed by atoms with Gasteiger partial charge in [-0.2, -0.15) is 0 Å². The zero-order valence-electron chi connectivity index (χ0n) is 33.0. The Bertz CT molecular complexity index is 3150. The van der Waals surface area contributed by atoms with Crippen molar-refractivity contribution in [3.05, 3.63) is 241 Å². The van der Waals surface area contributed by atoms with Gasteiger partial charge in [0.1, 0.15) is 16.9 Å². The Morgan fingerprint density at radius 1 is 0.550 bits per heavy atom. The number of benzene rings is 8. The van der Waals surface area contributed by atoms with Gasteiger partial charge in [0.15, 0.2) is 5.75 Å². The fraction of sp³-hybridized carbons (Fsp3) is 0.0357. The van der Waals surface area contributed by atoms with Gasteiger partial charge in [0, 0.05) is 37.9 Å². The number of allylic oxidation sites excluding steroid dienone is 4. The summed E-state index contributed by atoms with van der Waals surface area (Å²) in [6.07, 6.45) is 5.83. The summed E-state index contributed by atoms with van der Waals surface area (Å²) in [7, 11) is 0. The summed E-state index contributed by atoms with van der Waals surface area (Å²) in [6, 6.07) is 67.2. The standard InChI is InChI=1S/C56H39NO2S/c1-3-4-26-50-37(2)56(46-22-11-14-28-53(46)60-54-29-15-12-23-47(54)56)48-24-16-25-49(55(48)59-50)57(41-34-35-45-44-21-10-13-27-51(44)58-52(45)36-41)40-32-30-39(31-33-40)43-20-9-8-19-42(43)38-17-6-5-7-18-38/h3-36H,1H2,2H3/b26-4-. The van der Waals surface area contributed by atoms with E-state index in [1.807, 2.05) is 36.0 Å². The number of anilines is 3. The third-order valence-electron chi connectivity index (χ3n) is 12.0. The van der Waals surface area contributed by atoms with Gasteiger partial charge < -0.3 is 14.1 Å². The van der Waals surface area contributed by atoms with Crippen LogP contribution in [-0.2, 0) is 5.41 Å². The first-order valence-electron chi connectivity index (χ1n) is 20.3. The zero-order chi connectivity index (χ0) is 40.2. The molecule has 4 heteroatoms. The molecule has 60 heavy (non-hydrogen) atoms. The van der Waals surface area contributed by atoms with Crippen LogP contribution in [0.25, 0.3) is 44.2 Å². The Morgan fingerprint density at radius 3 is 1.88 bits per heavy atom. The minimum absolute atomic E-state index is 0.623. The molecule has 1 aromatic heterocycles. The van der Waals surface area contributed by atoms with E-state index in [1.54, 1.807) is 0 Å². The van der Waals surface area contributed by atoms with Gasteiger partial charge in [-0.05, 0) is 100 Å². The monoisotopic (exact) mass is 789 g/mol. The summed E-state index contributed by atoms with van der Waals surface area (Å²) in [4.78, 5) is 4.79. The summed E-state index contributed by atoms with van der Waals surface area (Å²) < 4.78 is 13.7. The third-order valence-corrected chi connectivity index (χ3v) is 13.2. The molecule has 8 aromatic carbocycles. The smallest absolute Gasteiger partial charge is 0.156 e. The fourth-order valence-corrected chi connectivity index (χ4v) is 10.5.